The molecule has 3 aromatic heterocycles. The van der Waals surface area contributed by atoms with Crippen LogP contribution in [0.4, 0.5) is 0 Å². The van der Waals surface area contributed by atoms with Crippen molar-refractivity contribution >= 4 is 37.5 Å². The Hall–Kier alpha value is -3.12. The van der Waals surface area contributed by atoms with Crippen LogP contribution in [0.15, 0.2) is 51.8 Å². The number of phenols is 1. The Labute approximate surface area is 183 Å². The molecule has 5 nitrogen and oxygen atoms in total. The Morgan fingerprint density at radius 2 is 2.00 bits per heavy atom. The Kier molecular flexibility index (Phi) is 5.02. The summed E-state index contributed by atoms with van der Waals surface area (Å²) in [5.41, 5.74) is 4.15. The molecule has 3 heterocycles. The summed E-state index contributed by atoms with van der Waals surface area (Å²) in [7, 11) is 0. The van der Waals surface area contributed by atoms with Crippen molar-refractivity contribution < 1.29 is 9.52 Å². The highest BCUT2D eigenvalue weighted by Gasteiger charge is 2.16. The number of hydrogen-bond donors (Lipinski definition) is 1. The SMILES string of the molecule is CCCCCCc1cc2cc(-c3cn4c(n3)sc3cc(C)ccc34)c(=O)oc2cc1O. The van der Waals surface area contributed by atoms with Gasteiger partial charge in [-0.05, 0) is 55.2 Å². The molecule has 0 saturated heterocycles. The topological polar surface area (TPSA) is 67.7 Å². The van der Waals surface area contributed by atoms with Crippen LogP contribution in [0.1, 0.15) is 43.7 Å². The molecule has 0 fully saturated rings. The Morgan fingerprint density at radius 1 is 1.13 bits per heavy atom. The molecule has 0 aliphatic heterocycles. The van der Waals surface area contributed by atoms with Gasteiger partial charge < -0.3 is 9.52 Å². The fourth-order valence-corrected chi connectivity index (χ4v) is 5.17. The minimum Gasteiger partial charge on any atom is -0.508 e. The quantitative estimate of drug-likeness (QED) is 0.247. The fraction of sp³-hybridized carbons (Fsp3) is 0.280. The van der Waals surface area contributed by atoms with Gasteiger partial charge in [0, 0.05) is 17.6 Å². The first-order valence-corrected chi connectivity index (χ1v) is 11.5. The number of aromatic hydroxyl groups is 1. The van der Waals surface area contributed by atoms with Gasteiger partial charge in [0.1, 0.15) is 11.3 Å². The number of aryl methyl sites for hydroxylation is 2. The average molecular weight is 433 g/mol. The molecule has 0 spiro atoms. The molecule has 0 saturated carbocycles. The molecule has 5 aromatic rings. The van der Waals surface area contributed by atoms with Gasteiger partial charge in [-0.3, -0.25) is 4.40 Å². The first-order valence-electron chi connectivity index (χ1n) is 10.7. The number of thiazole rings is 1. The molecule has 6 heteroatoms. The van der Waals surface area contributed by atoms with Crippen LogP contribution in [0.25, 0.3) is 37.4 Å². The number of nitrogens with zero attached hydrogens (tertiary/aromatic N) is 2. The van der Waals surface area contributed by atoms with E-state index >= 15 is 0 Å². The van der Waals surface area contributed by atoms with Crippen molar-refractivity contribution in [2.75, 3.05) is 0 Å². The molecule has 0 unspecified atom stereocenters. The normalized spacial score (nSPS) is 11.8. The Bertz CT molecular complexity index is 1480. The molecule has 0 bridgehead atoms. The van der Waals surface area contributed by atoms with Gasteiger partial charge in [0.15, 0.2) is 4.96 Å². The standard InChI is InChI=1S/C25H24N2O3S/c1-3-4-5-6-7-16-11-17-12-18(24(29)30-22(17)13-21(16)28)19-14-27-20-9-8-15(2)10-23(20)31-25(27)26-19/h8-14,28H,3-7H2,1-2H3. The van der Waals surface area contributed by atoms with Gasteiger partial charge >= 0.3 is 5.63 Å². The maximum Gasteiger partial charge on any atom is 0.345 e. The molecule has 31 heavy (non-hydrogen) atoms. The van der Waals surface area contributed by atoms with Crippen molar-refractivity contribution in [3.05, 3.63) is 64.1 Å². The number of unbranched alkanes of at least 4 members (excludes halogenated alkanes) is 3. The summed E-state index contributed by atoms with van der Waals surface area (Å²) in [6.45, 7) is 4.25. The van der Waals surface area contributed by atoms with E-state index < -0.39 is 5.63 Å². The van der Waals surface area contributed by atoms with Crippen molar-refractivity contribution in [3.8, 4) is 17.0 Å². The number of phenolic OH excluding ortho intramolecular Hbond substituents is 1. The van der Waals surface area contributed by atoms with Crippen molar-refractivity contribution in [1.82, 2.24) is 9.38 Å². The maximum atomic E-state index is 12.7. The van der Waals surface area contributed by atoms with E-state index in [1.807, 2.05) is 22.7 Å². The minimum absolute atomic E-state index is 0.184. The van der Waals surface area contributed by atoms with Gasteiger partial charge in [0.2, 0.25) is 0 Å². The zero-order chi connectivity index (χ0) is 21.5. The summed E-state index contributed by atoms with van der Waals surface area (Å²) in [6, 6.07) is 11.6. The lowest BCUT2D eigenvalue weighted by molar-refractivity contribution is 0.464. The van der Waals surface area contributed by atoms with Gasteiger partial charge in [-0.15, -0.1) is 0 Å². The molecular formula is C25H24N2O3S. The van der Waals surface area contributed by atoms with Gasteiger partial charge in [-0.2, -0.15) is 0 Å². The second-order valence-electron chi connectivity index (χ2n) is 8.13. The summed E-state index contributed by atoms with van der Waals surface area (Å²) < 4.78 is 8.73. The monoisotopic (exact) mass is 432 g/mol. The molecule has 0 aliphatic rings. The van der Waals surface area contributed by atoms with Gasteiger partial charge in [0.25, 0.3) is 0 Å². The fourth-order valence-electron chi connectivity index (χ4n) is 4.06. The van der Waals surface area contributed by atoms with Crippen LogP contribution in [0.3, 0.4) is 0 Å². The molecule has 5 rings (SSSR count). The lowest BCUT2D eigenvalue weighted by Gasteiger charge is -2.07. The maximum absolute atomic E-state index is 12.7. The van der Waals surface area contributed by atoms with Crippen LogP contribution in [0.5, 0.6) is 5.75 Å². The number of fused-ring (bicyclic) bond motifs is 4. The lowest BCUT2D eigenvalue weighted by Crippen LogP contribution is -2.03. The van der Waals surface area contributed by atoms with E-state index in [9.17, 15) is 9.90 Å². The highest BCUT2D eigenvalue weighted by atomic mass is 32.1. The zero-order valence-corrected chi connectivity index (χ0v) is 18.5. The van der Waals surface area contributed by atoms with Crippen molar-refractivity contribution in [1.29, 1.82) is 0 Å². The third-order valence-electron chi connectivity index (χ3n) is 5.76. The number of benzene rings is 2. The Balaban J connectivity index is 1.56. The van der Waals surface area contributed by atoms with Crippen LogP contribution in [0.2, 0.25) is 0 Å². The van der Waals surface area contributed by atoms with Crippen LogP contribution < -0.4 is 5.63 Å². The van der Waals surface area contributed by atoms with Crippen molar-refractivity contribution in [2.24, 2.45) is 0 Å². The average Bonchev–Trinajstić information content (AvgIpc) is 3.28. The van der Waals surface area contributed by atoms with E-state index in [1.54, 1.807) is 17.4 Å². The molecule has 0 amide bonds. The van der Waals surface area contributed by atoms with Crippen molar-refractivity contribution in [3.63, 3.8) is 0 Å². The summed E-state index contributed by atoms with van der Waals surface area (Å²) >= 11 is 1.60. The van der Waals surface area contributed by atoms with Crippen LogP contribution in [-0.4, -0.2) is 14.5 Å². The second kappa shape index (κ2) is 7.85. The summed E-state index contributed by atoms with van der Waals surface area (Å²) in [6.07, 6.45) is 7.24. The first-order chi connectivity index (χ1) is 15.0. The Morgan fingerprint density at radius 3 is 2.84 bits per heavy atom. The van der Waals surface area contributed by atoms with Crippen LogP contribution in [-0.2, 0) is 6.42 Å². The number of aromatic nitrogens is 2. The molecule has 2 aromatic carbocycles. The molecule has 1 N–H and O–H groups in total. The number of hydrogen-bond acceptors (Lipinski definition) is 5. The highest BCUT2D eigenvalue weighted by molar-refractivity contribution is 7.23. The minimum atomic E-state index is -0.450. The molecule has 0 atom stereocenters. The van der Waals surface area contributed by atoms with E-state index in [0.29, 0.717) is 16.8 Å². The van der Waals surface area contributed by atoms with Gasteiger partial charge in [-0.25, -0.2) is 9.78 Å². The van der Waals surface area contributed by atoms with E-state index in [4.69, 9.17) is 9.40 Å². The molecular weight excluding hydrogens is 408 g/mol. The summed E-state index contributed by atoms with van der Waals surface area (Å²) in [5.74, 6) is 0.184. The second-order valence-corrected chi connectivity index (χ2v) is 9.14. The lowest BCUT2D eigenvalue weighted by atomic mass is 10.0. The number of rotatable bonds is 6. The predicted molar refractivity (Wildman–Crippen MR) is 126 cm³/mol. The van der Waals surface area contributed by atoms with E-state index in [-0.39, 0.29) is 5.75 Å². The summed E-state index contributed by atoms with van der Waals surface area (Å²) in [5, 5.41) is 11.2. The van der Waals surface area contributed by atoms with E-state index in [1.165, 1.54) is 23.1 Å². The van der Waals surface area contributed by atoms with Crippen LogP contribution >= 0.6 is 11.3 Å². The zero-order valence-electron chi connectivity index (χ0n) is 17.6. The first kappa shape index (κ1) is 19.8. The van der Waals surface area contributed by atoms with Crippen LogP contribution in [0, 0.1) is 6.92 Å². The van der Waals surface area contributed by atoms with Gasteiger partial charge in [-0.1, -0.05) is 43.6 Å². The van der Waals surface area contributed by atoms with Crippen molar-refractivity contribution in [2.45, 2.75) is 46.0 Å². The molecule has 158 valence electrons. The van der Waals surface area contributed by atoms with E-state index in [2.05, 4.69) is 32.0 Å². The number of imidazole rings is 1. The van der Waals surface area contributed by atoms with E-state index in [0.717, 1.165) is 40.7 Å². The third-order valence-corrected chi connectivity index (χ3v) is 6.78. The highest BCUT2D eigenvalue weighted by Crippen LogP contribution is 2.31. The smallest absolute Gasteiger partial charge is 0.345 e. The predicted octanol–water partition coefficient (Wildman–Crippen LogP) is 6.46. The van der Waals surface area contributed by atoms with Gasteiger partial charge in [0.05, 0.1) is 21.5 Å². The molecule has 0 aliphatic carbocycles. The summed E-state index contributed by atoms with van der Waals surface area (Å²) in [4.78, 5) is 18.2. The molecule has 0 radical (unpaired) electrons. The largest absolute Gasteiger partial charge is 0.508 e. The third kappa shape index (κ3) is 3.61.